The number of halogens is 2. The van der Waals surface area contributed by atoms with E-state index in [4.69, 9.17) is 37.1 Å². The zero-order valence-electron chi connectivity index (χ0n) is 11.5. The fourth-order valence-electron chi connectivity index (χ4n) is 1.62. The molecule has 0 radical (unpaired) electrons. The summed E-state index contributed by atoms with van der Waals surface area (Å²) in [6.07, 6.45) is 0. The van der Waals surface area contributed by atoms with Gasteiger partial charge in [0.25, 0.3) is 0 Å². The molecule has 1 aromatic heterocycles. The van der Waals surface area contributed by atoms with Gasteiger partial charge in [-0.1, -0.05) is 23.2 Å². The van der Waals surface area contributed by atoms with Crippen LogP contribution in [0.2, 0.25) is 10.0 Å². The summed E-state index contributed by atoms with van der Waals surface area (Å²) in [4.78, 5) is 16.0. The smallest absolute Gasteiger partial charge is 0.364 e. The van der Waals surface area contributed by atoms with Gasteiger partial charge < -0.3 is 13.9 Å². The van der Waals surface area contributed by atoms with Gasteiger partial charge in [0.15, 0.2) is 0 Å². The largest absolute Gasteiger partial charge is 0.464 e. The van der Waals surface area contributed by atoms with Crippen LogP contribution in [0.3, 0.4) is 0 Å². The van der Waals surface area contributed by atoms with Gasteiger partial charge in [-0.25, -0.2) is 4.79 Å². The van der Waals surface area contributed by atoms with E-state index in [2.05, 4.69) is 4.98 Å². The lowest BCUT2D eigenvalue weighted by Gasteiger charge is -2.00. The number of nitrogens with zero attached hydrogens (tertiary/aromatic N) is 1. The predicted octanol–water partition coefficient (Wildman–Crippen LogP) is 4.22. The zero-order valence-corrected chi connectivity index (χ0v) is 13.0. The Morgan fingerprint density at radius 1 is 1.24 bits per heavy atom. The van der Waals surface area contributed by atoms with E-state index in [-0.39, 0.29) is 24.1 Å². The van der Waals surface area contributed by atoms with Crippen molar-refractivity contribution >= 4 is 29.2 Å². The van der Waals surface area contributed by atoms with Gasteiger partial charge >= 0.3 is 11.9 Å². The number of benzene rings is 1. The lowest BCUT2D eigenvalue weighted by molar-refractivity contribution is 0.0512. The highest BCUT2D eigenvalue weighted by Gasteiger charge is 2.23. The molecule has 112 valence electrons. The molecule has 0 atom stereocenters. The summed E-state index contributed by atoms with van der Waals surface area (Å²) in [6, 6.07) is 4.90. The molecule has 1 heterocycles. The fraction of sp³-hybridized carbons (Fsp3) is 0.286. The average Bonchev–Trinajstić information content (AvgIpc) is 2.87. The quantitative estimate of drug-likeness (QED) is 0.768. The third kappa shape index (κ3) is 3.49. The van der Waals surface area contributed by atoms with Gasteiger partial charge in [0.2, 0.25) is 11.6 Å². The van der Waals surface area contributed by atoms with Gasteiger partial charge in [-0.15, -0.1) is 0 Å². The van der Waals surface area contributed by atoms with E-state index in [1.54, 1.807) is 32.0 Å². The Hall–Kier alpha value is -1.72. The molecule has 0 aliphatic carbocycles. The van der Waals surface area contributed by atoms with Crippen molar-refractivity contribution in [3.8, 4) is 17.4 Å². The number of hydrogen-bond acceptors (Lipinski definition) is 5. The number of hydrogen-bond donors (Lipinski definition) is 0. The number of ether oxygens (including phenoxy) is 2. The maximum Gasteiger partial charge on any atom is 0.364 e. The molecule has 21 heavy (non-hydrogen) atoms. The molecule has 0 aliphatic heterocycles. The minimum Gasteiger partial charge on any atom is -0.464 e. The molecule has 0 spiro atoms. The molecule has 0 amide bonds. The van der Waals surface area contributed by atoms with E-state index < -0.39 is 5.97 Å². The van der Waals surface area contributed by atoms with Gasteiger partial charge in [0.1, 0.15) is 0 Å². The minimum absolute atomic E-state index is 0.000211. The molecule has 0 saturated heterocycles. The SMILES string of the molecule is CCOC(=O)c1nc(-c2ccc(Cl)c(Cl)c2)oc1OCC. The standard InChI is InChI=1S/C14H13Cl2NO4/c1-3-19-13(18)11-14(20-4-2)21-12(17-11)8-5-6-9(15)10(16)7-8/h5-7H,3-4H2,1-2H3. The molecule has 0 N–H and O–H groups in total. The Labute approximate surface area is 131 Å². The van der Waals surface area contributed by atoms with Crippen molar-refractivity contribution in [2.75, 3.05) is 13.2 Å². The van der Waals surface area contributed by atoms with E-state index in [1.165, 1.54) is 0 Å². The van der Waals surface area contributed by atoms with Crippen LogP contribution in [-0.4, -0.2) is 24.2 Å². The Bertz CT molecular complexity index is 654. The number of esters is 1. The van der Waals surface area contributed by atoms with Gasteiger partial charge in [-0.3, -0.25) is 0 Å². The fourth-order valence-corrected chi connectivity index (χ4v) is 1.91. The van der Waals surface area contributed by atoms with Gasteiger partial charge in [-0.05, 0) is 32.0 Å². The van der Waals surface area contributed by atoms with Gasteiger partial charge in [-0.2, -0.15) is 4.98 Å². The predicted molar refractivity (Wildman–Crippen MR) is 79.1 cm³/mol. The van der Waals surface area contributed by atoms with Crippen LogP contribution in [0.4, 0.5) is 0 Å². The van der Waals surface area contributed by atoms with Crippen molar-refractivity contribution in [1.82, 2.24) is 4.98 Å². The van der Waals surface area contributed by atoms with Crippen LogP contribution < -0.4 is 4.74 Å². The third-order valence-electron chi connectivity index (χ3n) is 2.51. The van der Waals surface area contributed by atoms with Crippen LogP contribution >= 0.6 is 23.2 Å². The summed E-state index contributed by atoms with van der Waals surface area (Å²) < 4.78 is 15.7. The summed E-state index contributed by atoms with van der Waals surface area (Å²) in [6.45, 7) is 4.05. The molecule has 2 rings (SSSR count). The molecule has 5 nitrogen and oxygen atoms in total. The van der Waals surface area contributed by atoms with Crippen molar-refractivity contribution in [3.63, 3.8) is 0 Å². The van der Waals surface area contributed by atoms with Crippen LogP contribution in [0.15, 0.2) is 22.6 Å². The first-order valence-corrected chi connectivity index (χ1v) is 7.08. The first-order chi connectivity index (χ1) is 10.1. The number of carbonyl (C=O) groups is 1. The molecule has 0 fully saturated rings. The molecule has 0 saturated carbocycles. The van der Waals surface area contributed by atoms with Crippen LogP contribution in [-0.2, 0) is 4.74 Å². The second-order valence-corrected chi connectivity index (χ2v) is 4.75. The molecular formula is C14H13Cl2NO4. The van der Waals surface area contributed by atoms with Gasteiger partial charge in [0, 0.05) is 5.56 Å². The molecule has 0 aliphatic rings. The number of rotatable bonds is 5. The minimum atomic E-state index is -0.601. The van der Waals surface area contributed by atoms with Crippen molar-refractivity contribution in [3.05, 3.63) is 33.9 Å². The first-order valence-electron chi connectivity index (χ1n) is 6.33. The highest BCUT2D eigenvalue weighted by molar-refractivity contribution is 6.42. The second kappa shape index (κ2) is 6.83. The summed E-state index contributed by atoms with van der Waals surface area (Å²) in [7, 11) is 0. The van der Waals surface area contributed by atoms with Crippen LogP contribution in [0.1, 0.15) is 24.3 Å². The second-order valence-electron chi connectivity index (χ2n) is 3.94. The zero-order chi connectivity index (χ0) is 15.4. The Balaban J connectivity index is 2.42. The monoisotopic (exact) mass is 329 g/mol. The van der Waals surface area contributed by atoms with Crippen molar-refractivity contribution in [2.24, 2.45) is 0 Å². The number of carbonyl (C=O) groups excluding carboxylic acids is 1. The van der Waals surface area contributed by atoms with E-state index in [1.807, 2.05) is 0 Å². The molecule has 2 aromatic rings. The summed E-state index contributed by atoms with van der Waals surface area (Å²) >= 11 is 11.8. The highest BCUT2D eigenvalue weighted by Crippen LogP contribution is 2.32. The molecule has 7 heteroatoms. The van der Waals surface area contributed by atoms with E-state index in [0.717, 1.165) is 0 Å². The Kier molecular flexibility index (Phi) is 5.09. The average molecular weight is 330 g/mol. The lowest BCUT2D eigenvalue weighted by Crippen LogP contribution is -2.07. The van der Waals surface area contributed by atoms with Crippen molar-refractivity contribution < 1.29 is 18.7 Å². The van der Waals surface area contributed by atoms with E-state index in [0.29, 0.717) is 22.2 Å². The molecule has 1 aromatic carbocycles. The number of oxazole rings is 1. The lowest BCUT2D eigenvalue weighted by atomic mass is 10.2. The Morgan fingerprint density at radius 2 is 2.00 bits per heavy atom. The van der Waals surface area contributed by atoms with E-state index >= 15 is 0 Å². The normalized spacial score (nSPS) is 10.5. The summed E-state index contributed by atoms with van der Waals surface area (Å²) in [5, 5.41) is 0.783. The summed E-state index contributed by atoms with van der Waals surface area (Å²) in [5.74, 6) is -0.367. The molecule has 0 bridgehead atoms. The van der Waals surface area contributed by atoms with Crippen LogP contribution in [0, 0.1) is 0 Å². The first kappa shape index (κ1) is 15.7. The van der Waals surface area contributed by atoms with Crippen LogP contribution in [0.25, 0.3) is 11.5 Å². The van der Waals surface area contributed by atoms with Gasteiger partial charge in [0.05, 0.1) is 23.3 Å². The summed E-state index contributed by atoms with van der Waals surface area (Å²) in [5.41, 5.74) is 0.584. The molecule has 0 unspecified atom stereocenters. The van der Waals surface area contributed by atoms with E-state index in [9.17, 15) is 4.79 Å². The van der Waals surface area contributed by atoms with Crippen molar-refractivity contribution in [2.45, 2.75) is 13.8 Å². The number of aromatic nitrogens is 1. The maximum atomic E-state index is 11.8. The topological polar surface area (TPSA) is 61.6 Å². The third-order valence-corrected chi connectivity index (χ3v) is 3.25. The van der Waals surface area contributed by atoms with Crippen LogP contribution in [0.5, 0.6) is 5.95 Å². The van der Waals surface area contributed by atoms with Crippen molar-refractivity contribution in [1.29, 1.82) is 0 Å². The molecular weight excluding hydrogens is 317 g/mol. The maximum absolute atomic E-state index is 11.8. The highest BCUT2D eigenvalue weighted by atomic mass is 35.5. The Morgan fingerprint density at radius 3 is 2.62 bits per heavy atom.